The van der Waals surface area contributed by atoms with E-state index in [1.54, 1.807) is 13.3 Å². The third kappa shape index (κ3) is 7.88. The molecule has 7 nitrogen and oxygen atoms in total. The summed E-state index contributed by atoms with van der Waals surface area (Å²) in [5.41, 5.74) is 4.65. The number of rotatable bonds is 8. The molecule has 33 heavy (non-hydrogen) atoms. The molecular weight excluding hydrogens is 529 g/mol. The molecule has 8 heteroatoms. The summed E-state index contributed by atoms with van der Waals surface area (Å²) in [6.07, 6.45) is 2.56. The average Bonchev–Trinajstić information content (AvgIpc) is 3.29. The Kier molecular flexibility index (Phi) is 10.4. The number of halogens is 1. The summed E-state index contributed by atoms with van der Waals surface area (Å²) in [6, 6.07) is 15.8. The molecule has 3 N–H and O–H groups in total. The molecule has 0 saturated carbocycles. The van der Waals surface area contributed by atoms with Crippen molar-refractivity contribution in [2.45, 2.75) is 46.3 Å². The lowest BCUT2D eigenvalue weighted by Gasteiger charge is -2.13. The highest BCUT2D eigenvalue weighted by Gasteiger charge is 2.09. The van der Waals surface area contributed by atoms with Gasteiger partial charge in [-0.05, 0) is 50.1 Å². The zero-order valence-corrected chi connectivity index (χ0v) is 21.8. The molecule has 1 atom stereocenters. The van der Waals surface area contributed by atoms with Gasteiger partial charge in [0.15, 0.2) is 5.96 Å². The van der Waals surface area contributed by atoms with Gasteiger partial charge in [0.05, 0.1) is 12.2 Å². The molecule has 0 aliphatic heterocycles. The second kappa shape index (κ2) is 13.0. The molecule has 1 unspecified atom stereocenters. The number of aliphatic imine (C=N–C) groups is 1. The van der Waals surface area contributed by atoms with E-state index in [2.05, 4.69) is 25.9 Å². The number of benzene rings is 2. The van der Waals surface area contributed by atoms with Gasteiger partial charge < -0.3 is 20.4 Å². The van der Waals surface area contributed by atoms with E-state index in [1.807, 2.05) is 69.3 Å². The van der Waals surface area contributed by atoms with E-state index < -0.39 is 0 Å². The molecule has 0 spiro atoms. The van der Waals surface area contributed by atoms with Gasteiger partial charge in [-0.2, -0.15) is 0 Å². The predicted molar refractivity (Wildman–Crippen MR) is 143 cm³/mol. The van der Waals surface area contributed by atoms with Crippen LogP contribution in [0.15, 0.2) is 64.2 Å². The second-order valence-electron chi connectivity index (χ2n) is 7.77. The summed E-state index contributed by atoms with van der Waals surface area (Å²) >= 11 is 0. The van der Waals surface area contributed by atoms with E-state index >= 15 is 0 Å². The smallest absolute Gasteiger partial charge is 0.251 e. The van der Waals surface area contributed by atoms with Crippen molar-refractivity contribution in [3.63, 3.8) is 0 Å². The van der Waals surface area contributed by atoms with Gasteiger partial charge in [0.1, 0.15) is 6.26 Å². The molecule has 0 radical (unpaired) electrons. The van der Waals surface area contributed by atoms with Gasteiger partial charge in [-0.15, -0.1) is 24.0 Å². The molecular formula is C25H32IN5O2. The molecule has 1 heterocycles. The van der Waals surface area contributed by atoms with E-state index in [-0.39, 0.29) is 35.9 Å². The Bertz CT molecular complexity index is 1050. The molecule has 1 amide bonds. The number of carbonyl (C=O) groups is 1. The van der Waals surface area contributed by atoms with Gasteiger partial charge in [0.25, 0.3) is 5.91 Å². The number of oxazole rings is 1. The molecule has 176 valence electrons. The fraction of sp³-hybridized carbons (Fsp3) is 0.320. The lowest BCUT2D eigenvalue weighted by atomic mass is 10.1. The number of hydrogen-bond donors (Lipinski definition) is 3. The van der Waals surface area contributed by atoms with Crippen molar-refractivity contribution >= 4 is 35.8 Å². The summed E-state index contributed by atoms with van der Waals surface area (Å²) in [4.78, 5) is 21.0. The van der Waals surface area contributed by atoms with Crippen molar-refractivity contribution in [2.24, 2.45) is 4.99 Å². The third-order valence-corrected chi connectivity index (χ3v) is 5.18. The number of nitrogens with zero attached hydrogens (tertiary/aromatic N) is 2. The first-order valence-electron chi connectivity index (χ1n) is 10.8. The van der Waals surface area contributed by atoms with Crippen LogP contribution in [-0.2, 0) is 13.1 Å². The lowest BCUT2D eigenvalue weighted by molar-refractivity contribution is 0.0939. The summed E-state index contributed by atoms with van der Waals surface area (Å²) in [6.45, 7) is 7.17. The van der Waals surface area contributed by atoms with E-state index in [1.165, 1.54) is 5.56 Å². The molecule has 3 rings (SSSR count). The van der Waals surface area contributed by atoms with Gasteiger partial charge in [-0.25, -0.2) is 4.98 Å². The monoisotopic (exact) mass is 561 g/mol. The van der Waals surface area contributed by atoms with Crippen molar-refractivity contribution in [3.8, 4) is 11.5 Å². The number of guanidine groups is 1. The Balaban J connectivity index is 0.00000385. The molecule has 0 bridgehead atoms. The van der Waals surface area contributed by atoms with Gasteiger partial charge in [-0.1, -0.05) is 36.8 Å². The Morgan fingerprint density at radius 3 is 2.36 bits per heavy atom. The molecule has 3 aromatic rings. The lowest BCUT2D eigenvalue weighted by Crippen LogP contribution is -2.36. The topological polar surface area (TPSA) is 91.5 Å². The molecule has 0 aliphatic rings. The highest BCUT2D eigenvalue weighted by atomic mass is 127. The quantitative estimate of drug-likeness (QED) is 0.212. The van der Waals surface area contributed by atoms with Crippen LogP contribution in [0.5, 0.6) is 0 Å². The zero-order valence-electron chi connectivity index (χ0n) is 19.5. The van der Waals surface area contributed by atoms with Gasteiger partial charge in [0.2, 0.25) is 5.89 Å². The molecule has 0 saturated heterocycles. The van der Waals surface area contributed by atoms with E-state index in [0.717, 1.165) is 23.2 Å². The van der Waals surface area contributed by atoms with E-state index in [9.17, 15) is 4.79 Å². The molecule has 1 aromatic heterocycles. The minimum absolute atomic E-state index is 0. The van der Waals surface area contributed by atoms with Crippen molar-refractivity contribution in [3.05, 3.63) is 77.2 Å². The summed E-state index contributed by atoms with van der Waals surface area (Å²) in [5.74, 6) is 1.21. The van der Waals surface area contributed by atoms with E-state index in [0.29, 0.717) is 30.5 Å². The van der Waals surface area contributed by atoms with Crippen LogP contribution in [0.4, 0.5) is 0 Å². The van der Waals surface area contributed by atoms with Crippen LogP contribution in [0.1, 0.15) is 47.4 Å². The fourth-order valence-electron chi connectivity index (χ4n) is 2.98. The number of aromatic nitrogens is 1. The Labute approximate surface area is 212 Å². The fourth-order valence-corrected chi connectivity index (χ4v) is 2.98. The number of aryl methyl sites for hydroxylation is 1. The van der Waals surface area contributed by atoms with Crippen LogP contribution >= 0.6 is 24.0 Å². The summed E-state index contributed by atoms with van der Waals surface area (Å²) in [7, 11) is 1.72. The highest BCUT2D eigenvalue weighted by molar-refractivity contribution is 14.0. The summed E-state index contributed by atoms with van der Waals surface area (Å²) in [5, 5.41) is 9.48. The Morgan fingerprint density at radius 1 is 1.06 bits per heavy atom. The maximum atomic E-state index is 12.2. The molecule has 2 aromatic carbocycles. The van der Waals surface area contributed by atoms with Crippen LogP contribution in [0.25, 0.3) is 11.5 Å². The van der Waals surface area contributed by atoms with Crippen molar-refractivity contribution in [2.75, 3.05) is 7.05 Å². The predicted octanol–water partition coefficient (Wildman–Crippen LogP) is 4.66. The summed E-state index contributed by atoms with van der Waals surface area (Å²) < 4.78 is 5.60. The largest absolute Gasteiger partial charge is 0.444 e. The Hall–Kier alpha value is -2.88. The minimum Gasteiger partial charge on any atom is -0.444 e. The third-order valence-electron chi connectivity index (χ3n) is 5.18. The van der Waals surface area contributed by atoms with Crippen LogP contribution in [0.2, 0.25) is 0 Å². The number of hydrogen-bond acceptors (Lipinski definition) is 4. The van der Waals surface area contributed by atoms with Crippen LogP contribution in [-0.4, -0.2) is 29.9 Å². The average molecular weight is 561 g/mol. The Morgan fingerprint density at radius 2 is 1.73 bits per heavy atom. The standard InChI is InChI=1S/C25H31N5O2.HI/c1-5-18(3)29-23(31)20-12-8-19(9-13-20)14-27-25(26-4)28-15-22-16-32-24(30-22)21-10-6-17(2)7-11-21;/h6-13,16,18H,5,14-15H2,1-4H3,(H,29,31)(H2,26,27,28);1H. The SMILES string of the molecule is CCC(C)NC(=O)c1ccc(CNC(=NC)NCc2coc(-c3ccc(C)cc3)n2)cc1.I. The van der Waals surface area contributed by atoms with E-state index in [4.69, 9.17) is 4.42 Å². The van der Waals surface area contributed by atoms with Crippen LogP contribution in [0, 0.1) is 6.92 Å². The number of carbonyl (C=O) groups excluding carboxylic acids is 1. The first-order valence-corrected chi connectivity index (χ1v) is 10.8. The van der Waals surface area contributed by atoms with Crippen LogP contribution < -0.4 is 16.0 Å². The van der Waals surface area contributed by atoms with Crippen molar-refractivity contribution < 1.29 is 9.21 Å². The number of nitrogens with one attached hydrogen (secondary N) is 3. The zero-order chi connectivity index (χ0) is 22.9. The normalized spacial score (nSPS) is 11.9. The van der Waals surface area contributed by atoms with Crippen molar-refractivity contribution in [1.29, 1.82) is 0 Å². The number of amides is 1. The minimum atomic E-state index is -0.0473. The van der Waals surface area contributed by atoms with Crippen molar-refractivity contribution in [1.82, 2.24) is 20.9 Å². The van der Waals surface area contributed by atoms with Gasteiger partial charge in [-0.3, -0.25) is 9.79 Å². The van der Waals surface area contributed by atoms with Gasteiger partial charge >= 0.3 is 0 Å². The molecule has 0 fully saturated rings. The first kappa shape index (κ1) is 26.4. The maximum Gasteiger partial charge on any atom is 0.251 e. The highest BCUT2D eigenvalue weighted by Crippen LogP contribution is 2.19. The second-order valence-corrected chi connectivity index (χ2v) is 7.77. The first-order chi connectivity index (χ1) is 15.5. The van der Waals surface area contributed by atoms with Crippen LogP contribution in [0.3, 0.4) is 0 Å². The molecule has 0 aliphatic carbocycles. The maximum absolute atomic E-state index is 12.2. The van der Waals surface area contributed by atoms with Gasteiger partial charge in [0, 0.05) is 30.8 Å².